The summed E-state index contributed by atoms with van der Waals surface area (Å²) >= 11 is 0. The molecule has 0 spiro atoms. The lowest BCUT2D eigenvalue weighted by molar-refractivity contribution is -0.151. The molecule has 2 aliphatic rings. The lowest BCUT2D eigenvalue weighted by Gasteiger charge is -2.44. The van der Waals surface area contributed by atoms with Crippen LogP contribution in [-0.4, -0.2) is 58.8 Å². The van der Waals surface area contributed by atoms with Crippen LogP contribution in [0, 0.1) is 39.5 Å². The monoisotopic (exact) mass is 639 g/mol. The number of nitrogens with one attached hydrogen (secondary N) is 2. The molecule has 1 aliphatic carbocycles. The van der Waals surface area contributed by atoms with E-state index in [1.54, 1.807) is 36.4 Å². The van der Waals surface area contributed by atoms with Gasteiger partial charge in [0.25, 0.3) is 5.91 Å². The first-order chi connectivity index (χ1) is 22.4. The van der Waals surface area contributed by atoms with Crippen molar-refractivity contribution in [1.29, 1.82) is 0 Å². The van der Waals surface area contributed by atoms with Gasteiger partial charge in [-0.25, -0.2) is 0 Å². The molecule has 0 aromatic heterocycles. The second-order valence-corrected chi connectivity index (χ2v) is 13.3. The van der Waals surface area contributed by atoms with Gasteiger partial charge in [-0.1, -0.05) is 36.4 Å². The molecule has 47 heavy (non-hydrogen) atoms. The zero-order valence-electron chi connectivity index (χ0n) is 27.9. The van der Waals surface area contributed by atoms with Crippen molar-refractivity contribution in [2.75, 3.05) is 30.3 Å². The zero-order chi connectivity index (χ0) is 33.9. The van der Waals surface area contributed by atoms with Crippen LogP contribution in [0.2, 0.25) is 0 Å². The molecule has 4 unspecified atom stereocenters. The van der Waals surface area contributed by atoms with Gasteiger partial charge >= 0.3 is 0 Å². The Morgan fingerprint density at radius 2 is 1.38 bits per heavy atom. The summed E-state index contributed by atoms with van der Waals surface area (Å²) in [5.41, 5.74) is 3.69. The van der Waals surface area contributed by atoms with Gasteiger partial charge in [-0.05, 0) is 106 Å². The normalized spacial score (nSPS) is 22.8. The van der Waals surface area contributed by atoms with Crippen LogP contribution in [0.25, 0.3) is 0 Å². The third-order valence-electron chi connectivity index (χ3n) is 9.89. The van der Waals surface area contributed by atoms with Crippen LogP contribution in [0.4, 0.5) is 11.4 Å². The van der Waals surface area contributed by atoms with Crippen LogP contribution in [0.15, 0.2) is 60.7 Å². The molecule has 9 heteroatoms. The molecule has 9 nitrogen and oxygen atoms in total. The van der Waals surface area contributed by atoms with Crippen molar-refractivity contribution in [2.45, 2.75) is 71.8 Å². The number of carbonyl (C=O) groups is 4. The lowest BCUT2D eigenvalue weighted by Crippen LogP contribution is -2.56. The van der Waals surface area contributed by atoms with E-state index in [1.807, 2.05) is 56.9 Å². The largest absolute Gasteiger partial charge is 0.484 e. The molecule has 1 heterocycles. The first kappa shape index (κ1) is 33.9. The average molecular weight is 640 g/mol. The molecular formula is C38H45N3O6. The molecule has 3 N–H and O–H groups in total. The average Bonchev–Trinajstić information content (AvgIpc) is 3.04. The van der Waals surface area contributed by atoms with Crippen molar-refractivity contribution >= 4 is 34.9 Å². The fourth-order valence-electron chi connectivity index (χ4n) is 6.85. The predicted octanol–water partition coefficient (Wildman–Crippen LogP) is 5.63. The van der Waals surface area contributed by atoms with Crippen molar-refractivity contribution in [3.63, 3.8) is 0 Å². The van der Waals surface area contributed by atoms with Crippen LogP contribution >= 0.6 is 0 Å². The Labute approximate surface area is 276 Å². The van der Waals surface area contributed by atoms with Gasteiger partial charge in [-0.2, -0.15) is 0 Å². The van der Waals surface area contributed by atoms with Crippen LogP contribution in [-0.2, 0) is 19.2 Å². The van der Waals surface area contributed by atoms with Gasteiger partial charge in [-0.15, -0.1) is 0 Å². The number of likely N-dealkylation sites (tertiary alicyclic amines) is 1. The quantitative estimate of drug-likeness (QED) is 0.275. The summed E-state index contributed by atoms with van der Waals surface area (Å²) < 4.78 is 5.81. The number of piperidine rings is 1. The van der Waals surface area contributed by atoms with E-state index in [2.05, 4.69) is 10.6 Å². The van der Waals surface area contributed by atoms with Crippen molar-refractivity contribution in [3.8, 4) is 5.75 Å². The molecular weight excluding hydrogens is 594 g/mol. The standard InChI is InChI=1S/C38H45N3O6/c1-23-11-9-13-29(25(23)3)39-36(44)34-31(42)21-38(5,46)35(37(45)40-30-14-10-12-24(2)26(30)4)33(34)27-15-17-28(18-16-27)47-22-32(43)41-19-7-6-8-20-41/h9-18,33-35,46H,6-8,19-22H2,1-5H3,(H,39,44)(H,40,45). The van der Waals surface area contributed by atoms with Crippen molar-refractivity contribution < 1.29 is 29.0 Å². The third kappa shape index (κ3) is 7.41. The number of nitrogens with zero attached hydrogens (tertiary/aromatic N) is 1. The Hall–Kier alpha value is -4.50. The number of aliphatic hydroxyl groups is 1. The molecule has 1 saturated carbocycles. The number of rotatable bonds is 8. The van der Waals surface area contributed by atoms with Gasteiger partial charge in [0.2, 0.25) is 11.8 Å². The number of hydrogen-bond acceptors (Lipinski definition) is 6. The van der Waals surface area contributed by atoms with Crippen LogP contribution < -0.4 is 15.4 Å². The summed E-state index contributed by atoms with van der Waals surface area (Å²) in [5.74, 6) is -4.51. The topological polar surface area (TPSA) is 125 Å². The van der Waals surface area contributed by atoms with Gasteiger partial charge < -0.3 is 25.4 Å². The highest BCUT2D eigenvalue weighted by Gasteiger charge is 2.56. The Morgan fingerprint density at radius 3 is 1.96 bits per heavy atom. The number of amides is 3. The van der Waals surface area contributed by atoms with Crippen LogP contribution in [0.5, 0.6) is 5.75 Å². The van der Waals surface area contributed by atoms with Gasteiger partial charge in [0.05, 0.1) is 11.5 Å². The molecule has 5 rings (SSSR count). The first-order valence-electron chi connectivity index (χ1n) is 16.4. The van der Waals surface area contributed by atoms with Crippen molar-refractivity contribution in [1.82, 2.24) is 4.90 Å². The molecule has 2 fully saturated rings. The predicted molar refractivity (Wildman–Crippen MR) is 181 cm³/mol. The number of carbonyl (C=O) groups excluding carboxylic acids is 4. The summed E-state index contributed by atoms with van der Waals surface area (Å²) in [5, 5.41) is 17.6. The molecule has 0 radical (unpaired) electrons. The molecule has 4 atom stereocenters. The number of ether oxygens (including phenoxy) is 1. The molecule has 0 bridgehead atoms. The second kappa shape index (κ2) is 14.1. The fourth-order valence-corrected chi connectivity index (χ4v) is 6.85. The summed E-state index contributed by atoms with van der Waals surface area (Å²) in [6, 6.07) is 17.9. The summed E-state index contributed by atoms with van der Waals surface area (Å²) in [6.07, 6.45) is 2.73. The Balaban J connectivity index is 1.48. The number of benzene rings is 3. The molecule has 3 amide bonds. The Bertz CT molecular complexity index is 1660. The maximum Gasteiger partial charge on any atom is 0.260 e. The maximum absolute atomic E-state index is 14.2. The summed E-state index contributed by atoms with van der Waals surface area (Å²) in [7, 11) is 0. The molecule has 1 saturated heterocycles. The number of ketones is 1. The smallest absolute Gasteiger partial charge is 0.260 e. The minimum atomic E-state index is -1.74. The highest BCUT2D eigenvalue weighted by atomic mass is 16.5. The second-order valence-electron chi connectivity index (χ2n) is 13.3. The number of hydrogen-bond donors (Lipinski definition) is 3. The van der Waals surface area contributed by atoms with Gasteiger partial charge in [0.15, 0.2) is 6.61 Å². The van der Waals surface area contributed by atoms with Crippen molar-refractivity contribution in [2.24, 2.45) is 11.8 Å². The van der Waals surface area contributed by atoms with Gasteiger partial charge in [0.1, 0.15) is 17.5 Å². The number of aryl methyl sites for hydroxylation is 2. The Kier molecular flexibility index (Phi) is 10.2. The minimum Gasteiger partial charge on any atom is -0.484 e. The SMILES string of the molecule is Cc1cccc(NC(=O)C2C(=O)CC(C)(O)C(C(=O)Nc3cccc(C)c3C)C2c2ccc(OCC(=O)N3CCCCC3)cc2)c1C. The maximum atomic E-state index is 14.2. The van der Waals surface area contributed by atoms with E-state index in [0.29, 0.717) is 22.7 Å². The van der Waals surface area contributed by atoms with Gasteiger partial charge in [-0.3, -0.25) is 19.2 Å². The molecule has 3 aromatic carbocycles. The van der Waals surface area contributed by atoms with Crippen molar-refractivity contribution in [3.05, 3.63) is 88.5 Å². The highest BCUT2D eigenvalue weighted by molar-refractivity contribution is 6.10. The van der Waals surface area contributed by atoms with E-state index in [-0.39, 0.29) is 18.9 Å². The van der Waals surface area contributed by atoms with Gasteiger partial charge in [0, 0.05) is 36.8 Å². The van der Waals surface area contributed by atoms with E-state index in [9.17, 15) is 24.3 Å². The zero-order valence-corrected chi connectivity index (χ0v) is 27.9. The van der Waals surface area contributed by atoms with Crippen LogP contribution in [0.1, 0.15) is 66.3 Å². The van der Waals surface area contributed by atoms with Crippen LogP contribution in [0.3, 0.4) is 0 Å². The summed E-state index contributed by atoms with van der Waals surface area (Å²) in [4.78, 5) is 56.5. The highest BCUT2D eigenvalue weighted by Crippen LogP contribution is 2.47. The van der Waals surface area contributed by atoms with E-state index in [4.69, 9.17) is 4.74 Å². The lowest BCUT2D eigenvalue weighted by atomic mass is 9.61. The number of Topliss-reactive ketones (excluding diaryl/α,β-unsaturated/α-hetero) is 1. The number of anilines is 2. The molecule has 1 aliphatic heterocycles. The first-order valence-corrected chi connectivity index (χ1v) is 16.4. The minimum absolute atomic E-state index is 0.0749. The fraction of sp³-hybridized carbons (Fsp3) is 0.421. The molecule has 248 valence electrons. The summed E-state index contributed by atoms with van der Waals surface area (Å²) in [6.45, 7) is 10.5. The van der Waals surface area contributed by atoms with E-state index in [0.717, 1.165) is 54.6 Å². The van der Waals surface area contributed by atoms with E-state index in [1.165, 1.54) is 6.92 Å². The Morgan fingerprint density at radius 1 is 0.830 bits per heavy atom. The van der Waals surface area contributed by atoms with E-state index < -0.39 is 41.0 Å². The van der Waals surface area contributed by atoms with E-state index >= 15 is 0 Å². The molecule has 3 aromatic rings. The third-order valence-corrected chi connectivity index (χ3v) is 9.89.